The van der Waals surface area contributed by atoms with Gasteiger partial charge in [0.25, 0.3) is 0 Å². The first-order valence-corrected chi connectivity index (χ1v) is 2.80. The quantitative estimate of drug-likeness (QED) is 0.475. The van der Waals surface area contributed by atoms with Crippen molar-refractivity contribution in [2.24, 2.45) is 0 Å². The van der Waals surface area contributed by atoms with Gasteiger partial charge in [0.15, 0.2) is 6.04 Å². The van der Waals surface area contributed by atoms with Gasteiger partial charge in [-0.05, 0) is 0 Å². The minimum absolute atomic E-state index is 0.0379. The molecule has 0 aromatic carbocycles. The fourth-order valence-electron chi connectivity index (χ4n) is 0.680. The van der Waals surface area contributed by atoms with Gasteiger partial charge in [-0.2, -0.15) is 0 Å². The lowest BCUT2D eigenvalue weighted by atomic mass is 10.3. The van der Waals surface area contributed by atoms with Gasteiger partial charge in [0, 0.05) is 0 Å². The van der Waals surface area contributed by atoms with Crippen LogP contribution in [0.2, 0.25) is 0 Å². The minimum atomic E-state index is -1.06. The number of hydrogen-bond donors (Lipinski definition) is 2. The zero-order valence-electron chi connectivity index (χ0n) is 5.16. The van der Waals surface area contributed by atoms with Gasteiger partial charge in [0.1, 0.15) is 6.61 Å². The average Bonchev–Trinajstić information content (AvgIpc) is 1.88. The van der Waals surface area contributed by atoms with Crippen LogP contribution in [-0.2, 0) is 14.3 Å². The van der Waals surface area contributed by atoms with Crippen molar-refractivity contribution >= 4 is 11.9 Å². The molecule has 1 atom stereocenters. The van der Waals surface area contributed by atoms with E-state index in [0.717, 1.165) is 0 Å². The van der Waals surface area contributed by atoms with E-state index in [1.54, 1.807) is 0 Å². The standard InChI is InChI=1S/C5H7NO4/c7-4-2-10-1-3(6-4)5(8)9/h3H,1-2H2,(H,6,7)(H,8,9)/t3-/m1/s1. The number of rotatable bonds is 1. The Bertz CT molecular complexity index is 165. The first-order valence-electron chi connectivity index (χ1n) is 2.80. The minimum Gasteiger partial charge on any atom is -0.480 e. The van der Waals surface area contributed by atoms with Gasteiger partial charge < -0.3 is 15.2 Å². The summed E-state index contributed by atoms with van der Waals surface area (Å²) in [5, 5.41) is 10.6. The average molecular weight is 145 g/mol. The first-order chi connectivity index (χ1) is 4.70. The molecule has 1 aliphatic rings. The van der Waals surface area contributed by atoms with Crippen molar-refractivity contribution in [1.82, 2.24) is 5.32 Å². The molecule has 0 aromatic heterocycles. The van der Waals surface area contributed by atoms with E-state index in [9.17, 15) is 9.59 Å². The lowest BCUT2D eigenvalue weighted by molar-refractivity contribution is -0.148. The van der Waals surface area contributed by atoms with E-state index in [2.05, 4.69) is 10.1 Å². The number of amides is 1. The summed E-state index contributed by atoms with van der Waals surface area (Å²) >= 11 is 0. The van der Waals surface area contributed by atoms with Crippen LogP contribution in [0.25, 0.3) is 0 Å². The molecule has 0 spiro atoms. The summed E-state index contributed by atoms with van der Waals surface area (Å²) in [5.74, 6) is -1.44. The summed E-state index contributed by atoms with van der Waals surface area (Å²) in [5.41, 5.74) is 0. The van der Waals surface area contributed by atoms with E-state index in [4.69, 9.17) is 5.11 Å². The Labute approximate surface area is 57.0 Å². The molecule has 1 aliphatic heterocycles. The van der Waals surface area contributed by atoms with Crippen LogP contribution in [0, 0.1) is 0 Å². The Hall–Kier alpha value is -1.10. The molecule has 56 valence electrons. The van der Waals surface area contributed by atoms with Crippen LogP contribution >= 0.6 is 0 Å². The van der Waals surface area contributed by atoms with E-state index in [-0.39, 0.29) is 19.1 Å². The number of nitrogens with one attached hydrogen (secondary N) is 1. The van der Waals surface area contributed by atoms with Crippen molar-refractivity contribution in [2.75, 3.05) is 13.2 Å². The van der Waals surface area contributed by atoms with Gasteiger partial charge in [-0.1, -0.05) is 0 Å². The van der Waals surface area contributed by atoms with Gasteiger partial charge >= 0.3 is 5.97 Å². The Kier molecular flexibility index (Phi) is 1.86. The fourth-order valence-corrected chi connectivity index (χ4v) is 0.680. The van der Waals surface area contributed by atoms with Crippen LogP contribution in [0.5, 0.6) is 0 Å². The molecule has 5 nitrogen and oxygen atoms in total. The van der Waals surface area contributed by atoms with Crippen LogP contribution in [0.1, 0.15) is 0 Å². The normalized spacial score (nSPS) is 25.6. The molecular weight excluding hydrogens is 138 g/mol. The monoisotopic (exact) mass is 145 g/mol. The van der Waals surface area contributed by atoms with E-state index >= 15 is 0 Å². The Morgan fingerprint density at radius 2 is 2.50 bits per heavy atom. The number of aliphatic carboxylic acids is 1. The molecule has 0 unspecified atom stereocenters. The van der Waals surface area contributed by atoms with Crippen LogP contribution in [-0.4, -0.2) is 36.2 Å². The zero-order valence-corrected chi connectivity index (χ0v) is 5.16. The first kappa shape index (κ1) is 7.01. The number of carbonyl (C=O) groups excluding carboxylic acids is 1. The SMILES string of the molecule is O=C1COC[C@H](C(=O)O)N1. The van der Waals surface area contributed by atoms with Gasteiger partial charge in [-0.3, -0.25) is 4.79 Å². The number of carboxylic acid groups (broad SMARTS) is 1. The summed E-state index contributed by atoms with van der Waals surface area (Å²) in [6.07, 6.45) is 0. The highest BCUT2D eigenvalue weighted by Gasteiger charge is 2.24. The Morgan fingerprint density at radius 3 is 2.90 bits per heavy atom. The third kappa shape index (κ3) is 1.44. The van der Waals surface area contributed by atoms with Crippen LogP contribution < -0.4 is 5.32 Å². The molecule has 1 heterocycles. The molecular formula is C5H7NO4. The summed E-state index contributed by atoms with van der Waals surface area (Å²) in [6.45, 7) is 0.0187. The van der Waals surface area contributed by atoms with E-state index in [0.29, 0.717) is 0 Å². The molecule has 0 saturated carbocycles. The summed E-state index contributed by atoms with van der Waals surface area (Å²) in [6, 6.07) is -0.874. The maximum absolute atomic E-state index is 10.5. The number of ether oxygens (including phenoxy) is 1. The fraction of sp³-hybridized carbons (Fsp3) is 0.600. The molecule has 10 heavy (non-hydrogen) atoms. The highest BCUT2D eigenvalue weighted by Crippen LogP contribution is 1.92. The van der Waals surface area contributed by atoms with Gasteiger partial charge in [-0.25, -0.2) is 4.79 Å². The second kappa shape index (κ2) is 2.66. The van der Waals surface area contributed by atoms with Crippen molar-refractivity contribution < 1.29 is 19.4 Å². The van der Waals surface area contributed by atoms with Gasteiger partial charge in [0.2, 0.25) is 5.91 Å². The van der Waals surface area contributed by atoms with Crippen molar-refractivity contribution in [2.45, 2.75) is 6.04 Å². The predicted molar refractivity (Wildman–Crippen MR) is 30.4 cm³/mol. The summed E-state index contributed by atoms with van der Waals surface area (Å²) in [4.78, 5) is 20.7. The molecule has 1 fully saturated rings. The van der Waals surface area contributed by atoms with Crippen LogP contribution in [0.3, 0.4) is 0 Å². The maximum atomic E-state index is 10.5. The predicted octanol–water partition coefficient (Wildman–Crippen LogP) is -1.41. The second-order valence-electron chi connectivity index (χ2n) is 1.97. The molecule has 1 saturated heterocycles. The number of carboxylic acids is 1. The van der Waals surface area contributed by atoms with Gasteiger partial charge in [-0.15, -0.1) is 0 Å². The molecule has 1 amide bonds. The number of morpholine rings is 1. The maximum Gasteiger partial charge on any atom is 0.328 e. The van der Waals surface area contributed by atoms with Crippen LogP contribution in [0.15, 0.2) is 0 Å². The Morgan fingerprint density at radius 1 is 1.80 bits per heavy atom. The van der Waals surface area contributed by atoms with E-state index in [1.807, 2.05) is 0 Å². The summed E-state index contributed by atoms with van der Waals surface area (Å²) in [7, 11) is 0. The van der Waals surface area contributed by atoms with Crippen molar-refractivity contribution in [1.29, 1.82) is 0 Å². The van der Waals surface area contributed by atoms with E-state index < -0.39 is 12.0 Å². The zero-order chi connectivity index (χ0) is 7.56. The third-order valence-corrected chi connectivity index (χ3v) is 1.15. The lowest BCUT2D eigenvalue weighted by Gasteiger charge is -2.19. The molecule has 0 radical (unpaired) electrons. The topological polar surface area (TPSA) is 75.6 Å². The molecule has 0 aliphatic carbocycles. The molecule has 2 N–H and O–H groups in total. The smallest absolute Gasteiger partial charge is 0.328 e. The molecule has 0 bridgehead atoms. The van der Waals surface area contributed by atoms with E-state index in [1.165, 1.54) is 0 Å². The van der Waals surface area contributed by atoms with Crippen LogP contribution in [0.4, 0.5) is 0 Å². The largest absolute Gasteiger partial charge is 0.480 e. The highest BCUT2D eigenvalue weighted by atomic mass is 16.5. The van der Waals surface area contributed by atoms with Crippen molar-refractivity contribution in [3.63, 3.8) is 0 Å². The number of carbonyl (C=O) groups is 2. The number of hydrogen-bond acceptors (Lipinski definition) is 3. The molecule has 0 aromatic rings. The molecule has 1 rings (SSSR count). The Balaban J connectivity index is 2.47. The molecule has 5 heteroatoms. The third-order valence-electron chi connectivity index (χ3n) is 1.15. The second-order valence-corrected chi connectivity index (χ2v) is 1.97. The highest BCUT2D eigenvalue weighted by molar-refractivity contribution is 5.85. The summed E-state index contributed by atoms with van der Waals surface area (Å²) < 4.78 is 4.66. The lowest BCUT2D eigenvalue weighted by Crippen LogP contribution is -2.49. The van der Waals surface area contributed by atoms with Gasteiger partial charge in [0.05, 0.1) is 6.61 Å². The van der Waals surface area contributed by atoms with Crippen molar-refractivity contribution in [3.05, 3.63) is 0 Å². The van der Waals surface area contributed by atoms with Crippen molar-refractivity contribution in [3.8, 4) is 0 Å².